The molecule has 0 radical (unpaired) electrons. The Bertz CT molecular complexity index is 1290. The molecule has 3 heterocycles. The van der Waals surface area contributed by atoms with E-state index < -0.39 is 0 Å². The van der Waals surface area contributed by atoms with E-state index in [4.69, 9.17) is 21.3 Å². The number of hydrogen-bond donors (Lipinski definition) is 1. The number of amides is 1. The highest BCUT2D eigenvalue weighted by molar-refractivity contribution is 6.30. The van der Waals surface area contributed by atoms with E-state index in [-0.39, 0.29) is 12.3 Å². The van der Waals surface area contributed by atoms with E-state index in [1.807, 2.05) is 24.3 Å². The molecular weight excluding hydrogens is 436 g/mol. The van der Waals surface area contributed by atoms with Crippen LogP contribution in [0.15, 0.2) is 72.9 Å². The van der Waals surface area contributed by atoms with Gasteiger partial charge in [0.05, 0.1) is 35.9 Å². The van der Waals surface area contributed by atoms with Gasteiger partial charge in [-0.1, -0.05) is 48.0 Å². The van der Waals surface area contributed by atoms with Crippen LogP contribution in [0.2, 0.25) is 5.02 Å². The SMILES string of the molecule is O=C(Cc1cccc2ccc(-c3cccc(N4CCOCC4)c3)nc12)Nc1ccc(Cl)cn1. The van der Waals surface area contributed by atoms with Crippen LogP contribution in [-0.4, -0.2) is 42.2 Å². The summed E-state index contributed by atoms with van der Waals surface area (Å²) in [6.45, 7) is 3.26. The quantitative estimate of drug-likeness (QED) is 0.457. The number of halogens is 1. The summed E-state index contributed by atoms with van der Waals surface area (Å²) < 4.78 is 5.48. The third-order valence-electron chi connectivity index (χ3n) is 5.67. The summed E-state index contributed by atoms with van der Waals surface area (Å²) in [7, 11) is 0. The van der Waals surface area contributed by atoms with Crippen molar-refractivity contribution in [1.82, 2.24) is 9.97 Å². The molecule has 6 nitrogen and oxygen atoms in total. The van der Waals surface area contributed by atoms with Gasteiger partial charge in [-0.3, -0.25) is 4.79 Å². The first-order valence-corrected chi connectivity index (χ1v) is 11.3. The predicted octanol–water partition coefficient (Wildman–Crippen LogP) is 4.97. The molecule has 0 unspecified atom stereocenters. The number of aromatic nitrogens is 2. The van der Waals surface area contributed by atoms with Gasteiger partial charge in [0.1, 0.15) is 5.82 Å². The van der Waals surface area contributed by atoms with Gasteiger partial charge in [-0.25, -0.2) is 9.97 Å². The van der Waals surface area contributed by atoms with Crippen LogP contribution in [0.1, 0.15) is 5.56 Å². The lowest BCUT2D eigenvalue weighted by molar-refractivity contribution is -0.115. The molecule has 0 saturated carbocycles. The van der Waals surface area contributed by atoms with Crippen molar-refractivity contribution in [2.45, 2.75) is 6.42 Å². The van der Waals surface area contributed by atoms with Gasteiger partial charge in [-0.05, 0) is 35.9 Å². The summed E-state index contributed by atoms with van der Waals surface area (Å²) in [5.41, 5.74) is 4.78. The number of nitrogens with zero attached hydrogens (tertiary/aromatic N) is 3. The lowest BCUT2D eigenvalue weighted by Gasteiger charge is -2.29. The van der Waals surface area contributed by atoms with Crippen LogP contribution < -0.4 is 10.2 Å². The van der Waals surface area contributed by atoms with Gasteiger partial charge >= 0.3 is 0 Å². The molecule has 1 N–H and O–H groups in total. The van der Waals surface area contributed by atoms with Crippen LogP contribution in [0.5, 0.6) is 0 Å². The Kier molecular flexibility index (Phi) is 6.19. The van der Waals surface area contributed by atoms with Gasteiger partial charge in [0.15, 0.2) is 0 Å². The highest BCUT2D eigenvalue weighted by Gasteiger charge is 2.14. The number of anilines is 2. The minimum absolute atomic E-state index is 0.154. The normalized spacial score (nSPS) is 13.8. The molecule has 166 valence electrons. The van der Waals surface area contributed by atoms with Crippen molar-refractivity contribution >= 4 is 39.9 Å². The van der Waals surface area contributed by atoms with E-state index in [1.54, 1.807) is 12.1 Å². The Balaban J connectivity index is 1.41. The Morgan fingerprint density at radius 3 is 2.70 bits per heavy atom. The van der Waals surface area contributed by atoms with Crippen LogP contribution in [-0.2, 0) is 16.0 Å². The zero-order valence-electron chi connectivity index (χ0n) is 18.0. The summed E-state index contributed by atoms with van der Waals surface area (Å²) in [5, 5.41) is 4.34. The van der Waals surface area contributed by atoms with Gasteiger partial charge < -0.3 is 15.0 Å². The number of ether oxygens (including phenoxy) is 1. The number of pyridine rings is 2. The first kappa shape index (κ1) is 21.4. The van der Waals surface area contributed by atoms with Crippen LogP contribution >= 0.6 is 11.6 Å². The third kappa shape index (κ3) is 4.97. The summed E-state index contributed by atoms with van der Waals surface area (Å²) in [6, 6.07) is 21.8. The highest BCUT2D eigenvalue weighted by atomic mass is 35.5. The van der Waals surface area contributed by atoms with Crippen molar-refractivity contribution in [3.05, 3.63) is 83.5 Å². The van der Waals surface area contributed by atoms with Crippen LogP contribution in [0.3, 0.4) is 0 Å². The van der Waals surface area contributed by atoms with Crippen molar-refractivity contribution in [2.24, 2.45) is 0 Å². The number of morpholine rings is 1. The molecule has 1 aliphatic rings. The zero-order chi connectivity index (χ0) is 22.6. The molecule has 0 aliphatic carbocycles. The molecule has 2 aromatic carbocycles. The van der Waals surface area contributed by atoms with E-state index in [9.17, 15) is 4.79 Å². The number of carbonyl (C=O) groups excluding carboxylic acids is 1. The fraction of sp³-hybridized carbons (Fsp3) is 0.192. The van der Waals surface area contributed by atoms with E-state index in [2.05, 4.69) is 45.5 Å². The molecule has 1 saturated heterocycles. The Morgan fingerprint density at radius 1 is 1.03 bits per heavy atom. The molecule has 4 aromatic rings. The zero-order valence-corrected chi connectivity index (χ0v) is 18.8. The molecule has 1 fully saturated rings. The van der Waals surface area contributed by atoms with Gasteiger partial charge in [-0.2, -0.15) is 0 Å². The molecule has 1 aliphatic heterocycles. The first-order chi connectivity index (χ1) is 16.2. The Labute approximate surface area is 197 Å². The monoisotopic (exact) mass is 458 g/mol. The first-order valence-electron chi connectivity index (χ1n) is 10.9. The van der Waals surface area contributed by atoms with Gasteiger partial charge in [-0.15, -0.1) is 0 Å². The number of fused-ring (bicyclic) bond motifs is 1. The Hall–Kier alpha value is -3.48. The molecule has 5 rings (SSSR count). The van der Waals surface area contributed by atoms with E-state index in [0.717, 1.165) is 54.0 Å². The summed E-state index contributed by atoms with van der Waals surface area (Å²) in [4.78, 5) is 24.1. The molecule has 7 heteroatoms. The van der Waals surface area contributed by atoms with Gasteiger partial charge in [0.2, 0.25) is 5.91 Å². The summed E-state index contributed by atoms with van der Waals surface area (Å²) in [5.74, 6) is 0.317. The largest absolute Gasteiger partial charge is 0.378 e. The topological polar surface area (TPSA) is 67.4 Å². The molecule has 0 bridgehead atoms. The molecule has 0 spiro atoms. The predicted molar refractivity (Wildman–Crippen MR) is 132 cm³/mol. The molecule has 2 aromatic heterocycles. The third-order valence-corrected chi connectivity index (χ3v) is 5.89. The van der Waals surface area contributed by atoms with Crippen molar-refractivity contribution < 1.29 is 9.53 Å². The maximum absolute atomic E-state index is 12.7. The fourth-order valence-electron chi connectivity index (χ4n) is 4.01. The van der Waals surface area contributed by atoms with E-state index >= 15 is 0 Å². The van der Waals surface area contributed by atoms with Crippen LogP contribution in [0.25, 0.3) is 22.2 Å². The molecule has 0 atom stereocenters. The molecule has 33 heavy (non-hydrogen) atoms. The Morgan fingerprint density at radius 2 is 1.88 bits per heavy atom. The van der Waals surface area contributed by atoms with Crippen molar-refractivity contribution in [3.63, 3.8) is 0 Å². The van der Waals surface area contributed by atoms with Crippen LogP contribution in [0, 0.1) is 0 Å². The van der Waals surface area contributed by atoms with Crippen molar-refractivity contribution in [3.8, 4) is 11.3 Å². The number of benzene rings is 2. The number of nitrogens with one attached hydrogen (secondary N) is 1. The smallest absolute Gasteiger partial charge is 0.230 e. The number of rotatable bonds is 5. The number of hydrogen-bond acceptors (Lipinski definition) is 5. The second-order valence-electron chi connectivity index (χ2n) is 7.92. The van der Waals surface area contributed by atoms with E-state index in [1.165, 1.54) is 11.9 Å². The maximum Gasteiger partial charge on any atom is 0.230 e. The van der Waals surface area contributed by atoms with Gasteiger partial charge in [0.25, 0.3) is 0 Å². The lowest BCUT2D eigenvalue weighted by Crippen LogP contribution is -2.36. The molecule has 1 amide bonds. The number of carbonyl (C=O) groups is 1. The number of para-hydroxylation sites is 1. The van der Waals surface area contributed by atoms with Gasteiger partial charge in [0, 0.05) is 35.9 Å². The maximum atomic E-state index is 12.7. The minimum atomic E-state index is -0.154. The van der Waals surface area contributed by atoms with Crippen molar-refractivity contribution in [1.29, 1.82) is 0 Å². The second-order valence-corrected chi connectivity index (χ2v) is 8.36. The average molecular weight is 459 g/mol. The van der Waals surface area contributed by atoms with Crippen LogP contribution in [0.4, 0.5) is 11.5 Å². The summed E-state index contributed by atoms with van der Waals surface area (Å²) >= 11 is 5.87. The highest BCUT2D eigenvalue weighted by Crippen LogP contribution is 2.27. The summed E-state index contributed by atoms with van der Waals surface area (Å²) in [6.07, 6.45) is 1.71. The van der Waals surface area contributed by atoms with Crippen molar-refractivity contribution in [2.75, 3.05) is 36.5 Å². The second kappa shape index (κ2) is 9.57. The molecular formula is C26H23ClN4O2. The van der Waals surface area contributed by atoms with E-state index in [0.29, 0.717) is 10.8 Å². The average Bonchev–Trinajstić information content (AvgIpc) is 2.86. The fourth-order valence-corrected chi connectivity index (χ4v) is 4.12. The standard InChI is InChI=1S/C26H23ClN4O2/c27-21-8-10-24(28-17-21)30-25(32)16-20-5-1-3-18-7-9-23(29-26(18)20)19-4-2-6-22(15-19)31-11-13-33-14-12-31/h1-10,15,17H,11-14,16H2,(H,28,30,32). The minimum Gasteiger partial charge on any atom is -0.378 e. The lowest BCUT2D eigenvalue weighted by atomic mass is 10.0.